The molecule has 2 aromatic rings. The van der Waals surface area contributed by atoms with Gasteiger partial charge in [-0.2, -0.15) is 0 Å². The molecular formula is C18H16N4O. The highest BCUT2D eigenvalue weighted by atomic mass is 16.2. The third kappa shape index (κ3) is 2.17. The van der Waals surface area contributed by atoms with Crippen molar-refractivity contribution in [1.82, 2.24) is 4.90 Å². The fourth-order valence-electron chi connectivity index (χ4n) is 2.95. The molecule has 0 aromatic heterocycles. The van der Waals surface area contributed by atoms with E-state index in [2.05, 4.69) is 4.99 Å². The van der Waals surface area contributed by atoms with Gasteiger partial charge in [-0.3, -0.25) is 19.6 Å². The lowest BCUT2D eigenvalue weighted by molar-refractivity contribution is -0.122. The Balaban J connectivity index is 1.93. The maximum Gasteiger partial charge on any atom is 0.255 e. The van der Waals surface area contributed by atoms with Crippen molar-refractivity contribution in [1.29, 1.82) is 0 Å². The molecule has 4 rings (SSSR count). The molecule has 0 spiro atoms. The molecule has 0 bridgehead atoms. The summed E-state index contributed by atoms with van der Waals surface area (Å²) in [6.07, 6.45) is 1.66. The Morgan fingerprint density at radius 2 is 1.74 bits per heavy atom. The van der Waals surface area contributed by atoms with Crippen molar-refractivity contribution in [2.24, 2.45) is 4.99 Å². The zero-order chi connectivity index (χ0) is 15.8. The predicted molar refractivity (Wildman–Crippen MR) is 91.8 cm³/mol. The number of nitrogens with two attached hydrogens (primary N) is 1. The molecule has 0 unspecified atom stereocenters. The van der Waals surface area contributed by atoms with Crippen molar-refractivity contribution in [2.45, 2.75) is 0 Å². The molecule has 2 N–H and O–H groups in total. The molecular weight excluding hydrogens is 288 g/mol. The number of aliphatic imine (C=N–C) groups is 1. The smallest absolute Gasteiger partial charge is 0.255 e. The first-order valence-corrected chi connectivity index (χ1v) is 7.53. The monoisotopic (exact) mass is 304 g/mol. The van der Waals surface area contributed by atoms with Crippen molar-refractivity contribution >= 4 is 28.9 Å². The number of hydrogen-bond donors (Lipinski definition) is 1. The van der Waals surface area contributed by atoms with E-state index in [0.29, 0.717) is 24.7 Å². The normalized spacial score (nSPS) is 17.0. The van der Waals surface area contributed by atoms with Gasteiger partial charge in [0.2, 0.25) is 5.96 Å². The number of nitrogens with zero attached hydrogens (tertiary/aromatic N) is 3. The summed E-state index contributed by atoms with van der Waals surface area (Å²) in [5, 5.41) is 0. The average molecular weight is 304 g/mol. The molecule has 2 aromatic carbocycles. The first-order valence-electron chi connectivity index (χ1n) is 7.53. The molecule has 0 saturated carbocycles. The number of rotatable bonds is 2. The zero-order valence-corrected chi connectivity index (χ0v) is 12.5. The van der Waals surface area contributed by atoms with Crippen LogP contribution in [0, 0.1) is 0 Å². The second kappa shape index (κ2) is 5.28. The van der Waals surface area contributed by atoms with Gasteiger partial charge in [0.15, 0.2) is 0 Å². The van der Waals surface area contributed by atoms with Crippen LogP contribution in [0.5, 0.6) is 0 Å². The van der Waals surface area contributed by atoms with Gasteiger partial charge in [-0.25, -0.2) is 0 Å². The van der Waals surface area contributed by atoms with Gasteiger partial charge < -0.3 is 5.73 Å². The van der Waals surface area contributed by atoms with Crippen molar-refractivity contribution in [3.05, 3.63) is 66.2 Å². The number of guanidine groups is 1. The second-order valence-electron chi connectivity index (χ2n) is 5.46. The number of carbonyl (C=O) groups is 1. The summed E-state index contributed by atoms with van der Waals surface area (Å²) in [7, 11) is 0. The largest absolute Gasteiger partial charge is 0.397 e. The number of hydrogen-bond acceptors (Lipinski definition) is 4. The zero-order valence-electron chi connectivity index (χ0n) is 12.5. The highest BCUT2D eigenvalue weighted by Crippen LogP contribution is 2.35. The fourth-order valence-corrected chi connectivity index (χ4v) is 2.95. The van der Waals surface area contributed by atoms with E-state index in [-0.39, 0.29) is 5.91 Å². The van der Waals surface area contributed by atoms with Gasteiger partial charge in [0.25, 0.3) is 5.91 Å². The van der Waals surface area contributed by atoms with Crippen molar-refractivity contribution in [3.63, 3.8) is 0 Å². The van der Waals surface area contributed by atoms with E-state index in [1.54, 1.807) is 11.0 Å². The number of amides is 1. The maximum atomic E-state index is 12.4. The third-order valence-corrected chi connectivity index (χ3v) is 4.03. The molecule has 1 amide bonds. The van der Waals surface area contributed by atoms with Gasteiger partial charge in [0, 0.05) is 12.6 Å². The lowest BCUT2D eigenvalue weighted by Crippen LogP contribution is -2.48. The number of para-hydroxylation sites is 2. The first-order chi connectivity index (χ1) is 11.3. The number of carbonyl (C=O) groups excluding carboxylic acids is 1. The van der Waals surface area contributed by atoms with Gasteiger partial charge in [-0.1, -0.05) is 42.5 Å². The minimum absolute atomic E-state index is 0.0362. The van der Waals surface area contributed by atoms with Crippen LogP contribution in [-0.4, -0.2) is 29.9 Å². The van der Waals surface area contributed by atoms with Crippen LogP contribution in [0.3, 0.4) is 0 Å². The molecule has 5 nitrogen and oxygen atoms in total. The first kappa shape index (κ1) is 13.6. The quantitative estimate of drug-likeness (QED) is 0.866. The maximum absolute atomic E-state index is 12.4. The Morgan fingerprint density at radius 1 is 1.00 bits per heavy atom. The predicted octanol–water partition coefficient (Wildman–Crippen LogP) is 2.33. The molecule has 5 heteroatoms. The Bertz CT molecular complexity index is 826. The van der Waals surface area contributed by atoms with Crippen LogP contribution in [0.1, 0.15) is 5.56 Å². The lowest BCUT2D eigenvalue weighted by atomic mass is 10.1. The molecule has 0 atom stereocenters. The summed E-state index contributed by atoms with van der Waals surface area (Å²) in [6.45, 7) is 1.22. The van der Waals surface area contributed by atoms with E-state index in [0.717, 1.165) is 16.9 Å². The van der Waals surface area contributed by atoms with E-state index >= 15 is 0 Å². The molecule has 114 valence electrons. The van der Waals surface area contributed by atoms with Gasteiger partial charge >= 0.3 is 0 Å². The van der Waals surface area contributed by atoms with Gasteiger partial charge in [0.1, 0.15) is 0 Å². The van der Waals surface area contributed by atoms with Crippen molar-refractivity contribution in [3.8, 4) is 0 Å². The number of nitrogen functional groups attached to an aromatic ring is 1. The Hall–Kier alpha value is -3.08. The Morgan fingerprint density at radius 3 is 2.52 bits per heavy atom. The van der Waals surface area contributed by atoms with E-state index in [1.165, 1.54) is 0 Å². The SMILES string of the molecule is Nc1ccccc1N1C(c2ccccc2)=CC(=O)N2CCN=C21. The summed E-state index contributed by atoms with van der Waals surface area (Å²) < 4.78 is 0. The topological polar surface area (TPSA) is 61.9 Å². The van der Waals surface area contributed by atoms with Gasteiger partial charge in [-0.05, 0) is 17.7 Å². The van der Waals surface area contributed by atoms with E-state index < -0.39 is 0 Å². The van der Waals surface area contributed by atoms with Crippen LogP contribution in [0.4, 0.5) is 11.4 Å². The standard InChI is InChI=1S/C18H16N4O/c19-14-8-4-5-9-15(14)22-16(13-6-2-1-3-7-13)12-17(23)21-11-10-20-18(21)22/h1-9,12H,10-11,19H2. The third-order valence-electron chi connectivity index (χ3n) is 4.03. The van der Waals surface area contributed by atoms with E-state index in [4.69, 9.17) is 5.73 Å². The van der Waals surface area contributed by atoms with Crippen LogP contribution >= 0.6 is 0 Å². The van der Waals surface area contributed by atoms with Crippen LogP contribution in [0.2, 0.25) is 0 Å². The summed E-state index contributed by atoms with van der Waals surface area (Å²) >= 11 is 0. The van der Waals surface area contributed by atoms with Crippen LogP contribution in [0.15, 0.2) is 65.7 Å². The van der Waals surface area contributed by atoms with Gasteiger partial charge in [-0.15, -0.1) is 0 Å². The van der Waals surface area contributed by atoms with E-state index in [1.807, 2.05) is 59.5 Å². The Labute approximate surface area is 134 Å². The molecule has 0 radical (unpaired) electrons. The highest BCUT2D eigenvalue weighted by molar-refractivity contribution is 6.22. The second-order valence-corrected chi connectivity index (χ2v) is 5.46. The average Bonchev–Trinajstić information content (AvgIpc) is 3.07. The van der Waals surface area contributed by atoms with Crippen molar-refractivity contribution in [2.75, 3.05) is 23.7 Å². The summed E-state index contributed by atoms with van der Waals surface area (Å²) in [6, 6.07) is 17.5. The summed E-state index contributed by atoms with van der Waals surface area (Å²) in [5.74, 6) is 0.611. The molecule has 2 aliphatic rings. The molecule has 23 heavy (non-hydrogen) atoms. The number of fused-ring (bicyclic) bond motifs is 1. The highest BCUT2D eigenvalue weighted by Gasteiger charge is 2.35. The van der Waals surface area contributed by atoms with Crippen LogP contribution < -0.4 is 10.6 Å². The number of anilines is 2. The van der Waals surface area contributed by atoms with Crippen LogP contribution in [0.25, 0.3) is 5.70 Å². The Kier molecular flexibility index (Phi) is 3.12. The summed E-state index contributed by atoms with van der Waals surface area (Å²) in [4.78, 5) is 20.6. The van der Waals surface area contributed by atoms with Crippen LogP contribution in [-0.2, 0) is 4.79 Å². The minimum Gasteiger partial charge on any atom is -0.397 e. The minimum atomic E-state index is -0.0362. The van der Waals surface area contributed by atoms with Gasteiger partial charge in [0.05, 0.1) is 23.6 Å². The summed E-state index contributed by atoms with van der Waals surface area (Å²) in [5.41, 5.74) is 9.42. The van der Waals surface area contributed by atoms with E-state index in [9.17, 15) is 4.79 Å². The number of benzene rings is 2. The molecule has 0 fully saturated rings. The molecule has 2 aliphatic heterocycles. The fraction of sp³-hybridized carbons (Fsp3) is 0.111. The molecule has 0 saturated heterocycles. The molecule has 0 aliphatic carbocycles. The van der Waals surface area contributed by atoms with Crippen molar-refractivity contribution < 1.29 is 4.79 Å². The lowest BCUT2D eigenvalue weighted by Gasteiger charge is -2.35. The molecule has 2 heterocycles.